The molecule has 1 N–H and O–H groups in total. The van der Waals surface area contributed by atoms with Crippen LogP contribution in [0.3, 0.4) is 0 Å². The molecule has 94 valence electrons. The van der Waals surface area contributed by atoms with E-state index in [2.05, 4.69) is 0 Å². The molecule has 0 radical (unpaired) electrons. The first kappa shape index (κ1) is 13.4. The summed E-state index contributed by atoms with van der Waals surface area (Å²) in [5.74, 6) is -4.96. The summed E-state index contributed by atoms with van der Waals surface area (Å²) < 4.78 is 32.3. The minimum Gasteiger partial charge on any atom is -0.496 e. The number of hydrogen-bond donors (Lipinski definition) is 1. The highest BCUT2D eigenvalue weighted by Gasteiger charge is 2.37. The van der Waals surface area contributed by atoms with Gasteiger partial charge >= 0.3 is 5.97 Å². The molecule has 0 fully saturated rings. The molecule has 0 aliphatic carbocycles. The Bertz CT molecular complexity index is 416. The lowest BCUT2D eigenvalue weighted by molar-refractivity contribution is -0.145. The Hall–Kier alpha value is -1.65. The molecule has 0 atom stereocenters. The number of hydrogen-bond acceptors (Lipinski definition) is 2. The van der Waals surface area contributed by atoms with E-state index in [9.17, 15) is 13.6 Å². The van der Waals surface area contributed by atoms with Crippen LogP contribution in [-0.4, -0.2) is 18.2 Å². The minimum absolute atomic E-state index is 0.00782. The van der Waals surface area contributed by atoms with Gasteiger partial charge in [-0.25, -0.2) is 8.78 Å². The van der Waals surface area contributed by atoms with Gasteiger partial charge in [0.1, 0.15) is 12.2 Å². The molecule has 1 rings (SSSR count). The van der Waals surface area contributed by atoms with Gasteiger partial charge < -0.3 is 9.84 Å². The Labute approximate surface area is 98.0 Å². The molecule has 17 heavy (non-hydrogen) atoms. The quantitative estimate of drug-likeness (QED) is 0.866. The highest BCUT2D eigenvalue weighted by atomic mass is 19.3. The molecule has 5 heteroatoms. The van der Waals surface area contributed by atoms with Crippen LogP contribution in [-0.2, 0) is 17.1 Å². The zero-order valence-electron chi connectivity index (χ0n) is 9.67. The molecule has 0 bridgehead atoms. The Balaban J connectivity index is 3.21. The van der Waals surface area contributed by atoms with Crippen LogP contribution < -0.4 is 4.74 Å². The lowest BCUT2D eigenvalue weighted by Crippen LogP contribution is -2.19. The van der Waals surface area contributed by atoms with E-state index in [4.69, 9.17) is 9.84 Å². The van der Waals surface area contributed by atoms with Crippen molar-refractivity contribution in [2.75, 3.05) is 7.11 Å². The molecule has 0 unspecified atom stereocenters. The van der Waals surface area contributed by atoms with Crippen molar-refractivity contribution in [3.05, 3.63) is 29.3 Å². The second-order valence-electron chi connectivity index (χ2n) is 3.66. The van der Waals surface area contributed by atoms with E-state index < -0.39 is 18.3 Å². The Morgan fingerprint density at radius 3 is 2.59 bits per heavy atom. The van der Waals surface area contributed by atoms with E-state index in [0.29, 0.717) is 12.0 Å². The van der Waals surface area contributed by atoms with Gasteiger partial charge in [0.05, 0.1) is 12.7 Å². The van der Waals surface area contributed by atoms with Gasteiger partial charge in [0.25, 0.3) is 5.92 Å². The number of carboxylic acids is 1. The first-order chi connectivity index (χ1) is 7.90. The average Bonchev–Trinajstić information content (AvgIpc) is 2.26. The van der Waals surface area contributed by atoms with Gasteiger partial charge in [-0.15, -0.1) is 0 Å². The average molecular weight is 244 g/mol. The fraction of sp³-hybridized carbons (Fsp3) is 0.417. The number of ether oxygens (including phenoxy) is 1. The van der Waals surface area contributed by atoms with Crippen LogP contribution in [0.15, 0.2) is 18.2 Å². The number of methoxy groups -OCH3 is 1. The normalized spacial score (nSPS) is 11.3. The maximum atomic E-state index is 13.7. The summed E-state index contributed by atoms with van der Waals surface area (Å²) >= 11 is 0. The lowest BCUT2D eigenvalue weighted by atomic mass is 10.0. The molecular formula is C12H14F2O3. The van der Waals surface area contributed by atoms with Crippen molar-refractivity contribution in [3.63, 3.8) is 0 Å². The van der Waals surface area contributed by atoms with Gasteiger partial charge in [-0.05, 0) is 24.1 Å². The topological polar surface area (TPSA) is 46.5 Å². The summed E-state index contributed by atoms with van der Waals surface area (Å²) in [5.41, 5.74) is 0.340. The Morgan fingerprint density at radius 2 is 2.12 bits per heavy atom. The van der Waals surface area contributed by atoms with Crippen molar-refractivity contribution in [2.45, 2.75) is 25.7 Å². The van der Waals surface area contributed by atoms with Crippen molar-refractivity contribution in [3.8, 4) is 5.75 Å². The third kappa shape index (κ3) is 3.15. The number of aryl methyl sites for hydroxylation is 1. The molecule has 0 aliphatic heterocycles. The molecule has 0 amide bonds. The first-order valence-corrected chi connectivity index (χ1v) is 5.17. The molecule has 0 saturated heterocycles. The number of carbonyl (C=O) groups is 1. The van der Waals surface area contributed by atoms with Crippen molar-refractivity contribution < 1.29 is 23.4 Å². The fourth-order valence-corrected chi connectivity index (χ4v) is 1.55. The predicted octanol–water partition coefficient (Wildman–Crippen LogP) is 2.82. The lowest BCUT2D eigenvalue weighted by Gasteiger charge is -2.18. The summed E-state index contributed by atoms with van der Waals surface area (Å²) in [6.07, 6.45) is -0.642. The molecule has 3 nitrogen and oxygen atoms in total. The number of halogens is 2. The van der Waals surface area contributed by atoms with Gasteiger partial charge in [0.2, 0.25) is 0 Å². The second kappa shape index (κ2) is 5.12. The summed E-state index contributed by atoms with van der Waals surface area (Å²) in [4.78, 5) is 10.4. The molecular weight excluding hydrogens is 230 g/mol. The van der Waals surface area contributed by atoms with Crippen LogP contribution in [0.4, 0.5) is 8.78 Å². The highest BCUT2D eigenvalue weighted by Crippen LogP contribution is 2.38. The zero-order chi connectivity index (χ0) is 13.1. The summed E-state index contributed by atoms with van der Waals surface area (Å²) in [6.45, 7) is 1.83. The van der Waals surface area contributed by atoms with Crippen molar-refractivity contribution in [2.24, 2.45) is 0 Å². The van der Waals surface area contributed by atoms with Gasteiger partial charge in [0, 0.05) is 0 Å². The number of rotatable bonds is 5. The highest BCUT2D eigenvalue weighted by molar-refractivity contribution is 5.68. The van der Waals surface area contributed by atoms with Crippen molar-refractivity contribution in [1.82, 2.24) is 0 Å². The molecule has 0 spiro atoms. The number of alkyl halides is 2. The van der Waals surface area contributed by atoms with Crippen LogP contribution in [0.2, 0.25) is 0 Å². The molecule has 0 saturated carbocycles. The SMILES string of the molecule is CCc1ccc(OC)c(C(F)(F)CC(=O)O)c1. The van der Waals surface area contributed by atoms with Crippen molar-refractivity contribution >= 4 is 5.97 Å². The van der Waals surface area contributed by atoms with Crippen LogP contribution in [0, 0.1) is 0 Å². The Morgan fingerprint density at radius 1 is 1.47 bits per heavy atom. The molecule has 0 aromatic heterocycles. The molecule has 1 aromatic carbocycles. The van der Waals surface area contributed by atoms with Gasteiger partial charge in [-0.1, -0.05) is 13.0 Å². The van der Waals surface area contributed by atoms with E-state index in [-0.39, 0.29) is 11.3 Å². The Kier molecular flexibility index (Phi) is 4.04. The summed E-state index contributed by atoms with van der Waals surface area (Å²) in [7, 11) is 1.28. The minimum atomic E-state index is -3.43. The second-order valence-corrected chi connectivity index (χ2v) is 3.66. The maximum absolute atomic E-state index is 13.7. The number of benzene rings is 1. The zero-order valence-corrected chi connectivity index (χ0v) is 9.67. The standard InChI is InChI=1S/C12H14F2O3/c1-3-8-4-5-10(17-2)9(6-8)12(13,14)7-11(15)16/h4-6H,3,7H2,1-2H3,(H,15,16). The maximum Gasteiger partial charge on any atom is 0.309 e. The summed E-state index contributed by atoms with van der Waals surface area (Å²) in [6, 6.07) is 4.41. The molecule has 1 aromatic rings. The fourth-order valence-electron chi connectivity index (χ4n) is 1.55. The largest absolute Gasteiger partial charge is 0.496 e. The molecule has 0 aliphatic rings. The van der Waals surface area contributed by atoms with E-state index >= 15 is 0 Å². The predicted molar refractivity (Wildman–Crippen MR) is 58.5 cm³/mol. The van der Waals surface area contributed by atoms with Crippen LogP contribution in [0.5, 0.6) is 5.75 Å². The van der Waals surface area contributed by atoms with E-state index in [1.807, 2.05) is 6.92 Å². The van der Waals surface area contributed by atoms with Gasteiger partial charge in [0.15, 0.2) is 0 Å². The van der Waals surface area contributed by atoms with E-state index in [1.54, 1.807) is 6.07 Å². The third-order valence-electron chi connectivity index (χ3n) is 2.44. The first-order valence-electron chi connectivity index (χ1n) is 5.17. The smallest absolute Gasteiger partial charge is 0.309 e. The number of carboxylic acid groups (broad SMARTS) is 1. The third-order valence-corrected chi connectivity index (χ3v) is 2.44. The number of aliphatic carboxylic acids is 1. The van der Waals surface area contributed by atoms with Crippen LogP contribution >= 0.6 is 0 Å². The van der Waals surface area contributed by atoms with Crippen LogP contribution in [0.1, 0.15) is 24.5 Å². The monoisotopic (exact) mass is 244 g/mol. The summed E-state index contributed by atoms with van der Waals surface area (Å²) in [5, 5.41) is 8.48. The van der Waals surface area contributed by atoms with Gasteiger partial charge in [-0.3, -0.25) is 4.79 Å². The van der Waals surface area contributed by atoms with Gasteiger partial charge in [-0.2, -0.15) is 0 Å². The molecule has 0 heterocycles. The van der Waals surface area contributed by atoms with E-state index in [1.165, 1.54) is 19.2 Å². The van der Waals surface area contributed by atoms with E-state index in [0.717, 1.165) is 0 Å². The van der Waals surface area contributed by atoms with Crippen molar-refractivity contribution in [1.29, 1.82) is 0 Å². The van der Waals surface area contributed by atoms with Crippen LogP contribution in [0.25, 0.3) is 0 Å².